The molecule has 0 radical (unpaired) electrons. The molecule has 1 aromatic carbocycles. The molecule has 11 nitrogen and oxygen atoms in total. The summed E-state index contributed by atoms with van der Waals surface area (Å²) in [7, 11) is -4.30. The number of carbonyl (C=O) groups excluding carboxylic acids is 2. The fourth-order valence-corrected chi connectivity index (χ4v) is 4.36. The van der Waals surface area contributed by atoms with Crippen LogP contribution < -0.4 is 19.8 Å². The van der Waals surface area contributed by atoms with E-state index in [2.05, 4.69) is 15.5 Å². The molecular formula is C16H15FN6O5S2. The van der Waals surface area contributed by atoms with Crippen LogP contribution in [0, 0.1) is 5.82 Å². The Morgan fingerprint density at radius 3 is 2.77 bits per heavy atom. The Balaban J connectivity index is 1.73. The molecule has 3 aromatic rings. The zero-order valence-electron chi connectivity index (χ0n) is 15.4. The first kappa shape index (κ1) is 21.3. The van der Waals surface area contributed by atoms with Gasteiger partial charge in [0.1, 0.15) is 23.1 Å². The van der Waals surface area contributed by atoms with Gasteiger partial charge in [-0.2, -0.15) is 0 Å². The molecule has 0 aliphatic rings. The fraction of sp³-hybridized carbons (Fsp3) is 0.188. The van der Waals surface area contributed by atoms with E-state index in [4.69, 9.17) is 0 Å². The van der Waals surface area contributed by atoms with Gasteiger partial charge < -0.3 is 15.2 Å². The number of aryl methyl sites for hydroxylation is 1. The maximum atomic E-state index is 14.4. The number of hydrogen-bond donors (Lipinski definition) is 2. The van der Waals surface area contributed by atoms with Crippen molar-refractivity contribution < 1.29 is 32.2 Å². The lowest BCUT2D eigenvalue weighted by atomic mass is 10.3. The van der Waals surface area contributed by atoms with E-state index in [0.29, 0.717) is 12.6 Å². The summed E-state index contributed by atoms with van der Waals surface area (Å²) in [5, 5.41) is 17.1. The van der Waals surface area contributed by atoms with E-state index < -0.39 is 38.3 Å². The van der Waals surface area contributed by atoms with Gasteiger partial charge in [-0.25, -0.2) is 17.8 Å². The third-order valence-corrected chi connectivity index (χ3v) is 6.00. The van der Waals surface area contributed by atoms with Crippen LogP contribution in [-0.4, -0.2) is 35.2 Å². The van der Waals surface area contributed by atoms with E-state index in [1.807, 2.05) is 11.6 Å². The largest absolute Gasteiger partial charge is 0.543 e. The third kappa shape index (κ3) is 4.77. The normalized spacial score (nSPS) is 11.3. The highest BCUT2D eigenvalue weighted by Gasteiger charge is 2.21. The lowest BCUT2D eigenvalue weighted by Crippen LogP contribution is -2.42. The summed E-state index contributed by atoms with van der Waals surface area (Å²) in [6, 6.07) is 2.86. The number of aromatic carboxylic acids is 1. The second-order valence-corrected chi connectivity index (χ2v) is 8.39. The minimum Gasteiger partial charge on any atom is -0.543 e. The van der Waals surface area contributed by atoms with Gasteiger partial charge >= 0.3 is 0 Å². The molecule has 158 valence electrons. The molecule has 2 N–H and O–H groups in total. The molecule has 0 aliphatic carbocycles. The van der Waals surface area contributed by atoms with Crippen molar-refractivity contribution in [2.75, 3.05) is 10.0 Å². The monoisotopic (exact) mass is 454 g/mol. The van der Waals surface area contributed by atoms with Gasteiger partial charge in [-0.05, 0) is 25.1 Å². The SMILES string of the molecule is CCn1cc[n+](CC(=O)Nc2ccc(S(=O)(=O)Nc3scnc3C(=O)[O-])cc2F)n1. The second kappa shape index (κ2) is 8.54. The number of nitrogens with one attached hydrogen (secondary N) is 2. The number of thiazole rings is 1. The van der Waals surface area contributed by atoms with Crippen molar-refractivity contribution >= 4 is 43.9 Å². The van der Waals surface area contributed by atoms with Crippen molar-refractivity contribution in [3.63, 3.8) is 0 Å². The van der Waals surface area contributed by atoms with Crippen LogP contribution in [-0.2, 0) is 27.9 Å². The second-order valence-electron chi connectivity index (χ2n) is 5.85. The van der Waals surface area contributed by atoms with Crippen molar-refractivity contribution in [3.05, 3.63) is 47.6 Å². The van der Waals surface area contributed by atoms with Gasteiger partial charge in [0.25, 0.3) is 15.9 Å². The average molecular weight is 454 g/mol. The molecule has 3 rings (SSSR count). The van der Waals surface area contributed by atoms with Crippen LogP contribution in [0.5, 0.6) is 0 Å². The Morgan fingerprint density at radius 1 is 1.37 bits per heavy atom. The molecule has 0 atom stereocenters. The van der Waals surface area contributed by atoms with E-state index in [1.165, 1.54) is 4.68 Å². The van der Waals surface area contributed by atoms with Gasteiger partial charge in [-0.1, -0.05) is 0 Å². The Hall–Kier alpha value is -3.39. The lowest BCUT2D eigenvalue weighted by molar-refractivity contribution is -0.743. The van der Waals surface area contributed by atoms with Crippen LogP contribution in [0.15, 0.2) is 41.0 Å². The fourth-order valence-electron chi connectivity index (χ4n) is 2.36. The number of hydrogen-bond acceptors (Lipinski definition) is 8. The smallest absolute Gasteiger partial charge is 0.268 e. The number of anilines is 2. The summed E-state index contributed by atoms with van der Waals surface area (Å²) < 4.78 is 44.2. The molecule has 2 aromatic heterocycles. The number of nitrogens with zero attached hydrogens (tertiary/aromatic N) is 4. The first-order chi connectivity index (χ1) is 14.2. The highest BCUT2D eigenvalue weighted by Crippen LogP contribution is 2.25. The van der Waals surface area contributed by atoms with Crippen molar-refractivity contribution in [1.29, 1.82) is 0 Å². The number of rotatable bonds is 8. The van der Waals surface area contributed by atoms with Gasteiger partial charge in [-0.15, -0.1) is 20.7 Å². The van der Waals surface area contributed by atoms with Crippen LogP contribution in [0.4, 0.5) is 15.1 Å². The molecule has 2 heterocycles. The van der Waals surface area contributed by atoms with Gasteiger partial charge in [0.15, 0.2) is 18.9 Å². The maximum Gasteiger partial charge on any atom is 0.268 e. The van der Waals surface area contributed by atoms with Crippen molar-refractivity contribution in [1.82, 2.24) is 14.9 Å². The summed E-state index contributed by atoms with van der Waals surface area (Å²) in [6.07, 6.45) is 3.26. The van der Waals surface area contributed by atoms with Crippen LogP contribution in [0.1, 0.15) is 17.4 Å². The first-order valence-electron chi connectivity index (χ1n) is 8.40. The summed E-state index contributed by atoms with van der Waals surface area (Å²) >= 11 is 0.736. The van der Waals surface area contributed by atoms with Crippen molar-refractivity contribution in [2.45, 2.75) is 24.9 Å². The Labute approximate surface area is 173 Å². The molecule has 0 saturated heterocycles. The van der Waals surface area contributed by atoms with E-state index in [0.717, 1.165) is 29.0 Å². The van der Waals surface area contributed by atoms with Crippen LogP contribution in [0.2, 0.25) is 0 Å². The Kier molecular flexibility index (Phi) is 6.07. The molecule has 30 heavy (non-hydrogen) atoms. The van der Waals surface area contributed by atoms with E-state index in [9.17, 15) is 27.5 Å². The van der Waals surface area contributed by atoms with E-state index in [1.54, 1.807) is 17.1 Å². The number of amides is 1. The highest BCUT2D eigenvalue weighted by molar-refractivity contribution is 7.93. The minimum atomic E-state index is -4.30. The topological polar surface area (TPSA) is 150 Å². The predicted octanol–water partition coefficient (Wildman–Crippen LogP) is -0.411. The molecule has 0 aliphatic heterocycles. The zero-order chi connectivity index (χ0) is 21.9. The van der Waals surface area contributed by atoms with Crippen LogP contribution in [0.3, 0.4) is 0 Å². The molecule has 0 unspecified atom stereocenters. The Bertz CT molecular complexity index is 1210. The average Bonchev–Trinajstić information content (AvgIpc) is 3.32. The quantitative estimate of drug-likeness (QED) is 0.439. The predicted molar refractivity (Wildman–Crippen MR) is 100 cm³/mol. The number of benzene rings is 1. The van der Waals surface area contributed by atoms with Crippen LogP contribution in [0.25, 0.3) is 0 Å². The molecule has 0 saturated carbocycles. The molecule has 0 fully saturated rings. The summed E-state index contributed by atoms with van der Waals surface area (Å²) in [5.41, 5.74) is 0.336. The third-order valence-electron chi connectivity index (χ3n) is 3.78. The van der Waals surface area contributed by atoms with Crippen molar-refractivity contribution in [2.24, 2.45) is 0 Å². The first-order valence-corrected chi connectivity index (χ1v) is 10.8. The number of halogens is 1. The summed E-state index contributed by atoms with van der Waals surface area (Å²) in [5.74, 6) is -3.20. The van der Waals surface area contributed by atoms with Crippen LogP contribution >= 0.6 is 11.3 Å². The highest BCUT2D eigenvalue weighted by atomic mass is 32.2. The van der Waals surface area contributed by atoms with Gasteiger partial charge in [0, 0.05) is 0 Å². The number of aromatic nitrogens is 4. The minimum absolute atomic E-state index is 0.161. The van der Waals surface area contributed by atoms with E-state index >= 15 is 0 Å². The molecule has 14 heteroatoms. The number of carbonyl (C=O) groups is 2. The lowest BCUT2D eigenvalue weighted by Gasteiger charge is -2.10. The summed E-state index contributed by atoms with van der Waals surface area (Å²) in [6.45, 7) is 2.34. The number of carboxylic acids is 1. The standard InChI is InChI=1S/C16H15FN6O5S2/c1-2-22-5-6-23(21-22)8-13(24)19-12-4-3-10(7-11(12)17)30(27,28)20-15-14(16(25)26)18-9-29-15/h3-7,9,20H,2,8H2,1H3,(H-,19,24,25,26). The van der Waals surface area contributed by atoms with Crippen molar-refractivity contribution in [3.8, 4) is 0 Å². The Morgan fingerprint density at radius 2 is 2.13 bits per heavy atom. The van der Waals surface area contributed by atoms with E-state index in [-0.39, 0.29) is 17.2 Å². The molecular weight excluding hydrogens is 439 g/mol. The van der Waals surface area contributed by atoms with Gasteiger partial charge in [0.2, 0.25) is 0 Å². The maximum absolute atomic E-state index is 14.4. The van der Waals surface area contributed by atoms with Gasteiger partial charge in [0.05, 0.1) is 27.3 Å². The molecule has 0 spiro atoms. The zero-order valence-corrected chi connectivity index (χ0v) is 17.0. The number of sulfonamides is 1. The summed E-state index contributed by atoms with van der Waals surface area (Å²) in [4.78, 5) is 26.1. The molecule has 1 amide bonds. The van der Waals surface area contributed by atoms with Gasteiger partial charge in [-0.3, -0.25) is 9.52 Å². The number of carboxylic acid groups (broad SMARTS) is 1. The molecule has 0 bridgehead atoms.